The number of hydrogen-bond acceptors (Lipinski definition) is 3. The van der Waals surface area contributed by atoms with Gasteiger partial charge in [-0.1, -0.05) is 6.07 Å². The number of carbonyl (C=O) groups is 1. The number of halogens is 1. The van der Waals surface area contributed by atoms with E-state index < -0.39 is 11.9 Å². The molecule has 1 saturated carbocycles. The number of aliphatic hydroxyl groups is 1. The fourth-order valence-electron chi connectivity index (χ4n) is 1.93. The summed E-state index contributed by atoms with van der Waals surface area (Å²) < 4.78 is 18.2. The molecule has 19 heavy (non-hydrogen) atoms. The Morgan fingerprint density at radius 2 is 2.32 bits per heavy atom. The second-order valence-corrected chi connectivity index (χ2v) is 4.85. The molecule has 1 aromatic carbocycles. The molecule has 2 N–H and O–H groups in total. The summed E-state index contributed by atoms with van der Waals surface area (Å²) >= 11 is 0. The Balaban J connectivity index is 1.82. The van der Waals surface area contributed by atoms with Crippen LogP contribution in [0.5, 0.6) is 5.75 Å². The highest BCUT2D eigenvalue weighted by molar-refractivity contribution is 5.78. The van der Waals surface area contributed by atoms with Gasteiger partial charge in [-0.25, -0.2) is 4.39 Å². The van der Waals surface area contributed by atoms with E-state index in [1.807, 2.05) is 0 Å². The standard InChI is InChI=1S/C14H18FNO3/c1-19-13-5-2-9(6-11(13)15)7-14(18)16-8-12(17)10-3-4-10/h2,5-6,10,12,17H,3-4,7-8H2,1H3,(H,16,18). The molecule has 0 aliphatic heterocycles. The van der Waals surface area contributed by atoms with Gasteiger partial charge in [-0.3, -0.25) is 4.79 Å². The van der Waals surface area contributed by atoms with Gasteiger partial charge >= 0.3 is 0 Å². The lowest BCUT2D eigenvalue weighted by Crippen LogP contribution is -2.34. The van der Waals surface area contributed by atoms with Gasteiger partial charge in [-0.05, 0) is 36.5 Å². The Labute approximate surface area is 111 Å². The summed E-state index contributed by atoms with van der Waals surface area (Å²) in [6.45, 7) is 0.266. The van der Waals surface area contributed by atoms with Gasteiger partial charge < -0.3 is 15.2 Å². The van der Waals surface area contributed by atoms with E-state index in [1.54, 1.807) is 6.07 Å². The summed E-state index contributed by atoms with van der Waals surface area (Å²) in [5.74, 6) is -0.206. The van der Waals surface area contributed by atoms with Crippen molar-refractivity contribution < 1.29 is 19.0 Å². The van der Waals surface area contributed by atoms with Gasteiger partial charge in [-0.15, -0.1) is 0 Å². The van der Waals surface area contributed by atoms with E-state index in [9.17, 15) is 14.3 Å². The molecular formula is C14H18FNO3. The molecule has 1 unspecified atom stereocenters. The molecule has 5 heteroatoms. The minimum absolute atomic E-state index is 0.0955. The Morgan fingerprint density at radius 3 is 2.89 bits per heavy atom. The van der Waals surface area contributed by atoms with Crippen molar-refractivity contribution in [2.24, 2.45) is 5.92 Å². The lowest BCUT2D eigenvalue weighted by atomic mass is 10.1. The summed E-state index contributed by atoms with van der Waals surface area (Å²) in [6.07, 6.45) is 1.69. The van der Waals surface area contributed by atoms with Crippen molar-refractivity contribution in [3.63, 3.8) is 0 Å². The lowest BCUT2D eigenvalue weighted by molar-refractivity contribution is -0.120. The number of hydrogen-bond donors (Lipinski definition) is 2. The van der Waals surface area contributed by atoms with Crippen molar-refractivity contribution in [2.75, 3.05) is 13.7 Å². The highest BCUT2D eigenvalue weighted by Gasteiger charge is 2.29. The maximum atomic E-state index is 13.4. The first-order valence-electron chi connectivity index (χ1n) is 6.37. The zero-order valence-electron chi connectivity index (χ0n) is 10.9. The predicted octanol–water partition coefficient (Wildman–Crippen LogP) is 1.26. The molecule has 0 radical (unpaired) electrons. The van der Waals surface area contributed by atoms with Gasteiger partial charge in [0.2, 0.25) is 5.91 Å². The van der Waals surface area contributed by atoms with E-state index in [4.69, 9.17) is 4.74 Å². The Hall–Kier alpha value is -1.62. The number of benzene rings is 1. The zero-order chi connectivity index (χ0) is 13.8. The maximum Gasteiger partial charge on any atom is 0.224 e. The van der Waals surface area contributed by atoms with Crippen LogP contribution < -0.4 is 10.1 Å². The molecule has 0 spiro atoms. The number of rotatable bonds is 6. The first kappa shape index (κ1) is 13.8. The van der Waals surface area contributed by atoms with Crippen LogP contribution in [0.4, 0.5) is 4.39 Å². The van der Waals surface area contributed by atoms with Crippen molar-refractivity contribution in [1.29, 1.82) is 0 Å². The monoisotopic (exact) mass is 267 g/mol. The van der Waals surface area contributed by atoms with Gasteiger partial charge in [0, 0.05) is 6.54 Å². The quantitative estimate of drug-likeness (QED) is 0.816. The SMILES string of the molecule is COc1ccc(CC(=O)NCC(O)C2CC2)cc1F. The van der Waals surface area contributed by atoms with Crippen LogP contribution in [0.1, 0.15) is 18.4 Å². The van der Waals surface area contributed by atoms with Crippen LogP contribution in [-0.2, 0) is 11.2 Å². The van der Waals surface area contributed by atoms with Gasteiger partial charge in [0.25, 0.3) is 0 Å². The molecule has 2 rings (SSSR count). The van der Waals surface area contributed by atoms with Crippen LogP contribution in [0.15, 0.2) is 18.2 Å². The smallest absolute Gasteiger partial charge is 0.224 e. The number of ether oxygens (including phenoxy) is 1. The highest BCUT2D eigenvalue weighted by atomic mass is 19.1. The van der Waals surface area contributed by atoms with Crippen LogP contribution in [0, 0.1) is 11.7 Å². The summed E-state index contributed by atoms with van der Waals surface area (Å²) in [6, 6.07) is 4.44. The molecule has 1 aromatic rings. The average Bonchev–Trinajstić information content (AvgIpc) is 3.20. The summed E-state index contributed by atoms with van der Waals surface area (Å²) in [7, 11) is 1.39. The van der Waals surface area contributed by atoms with Gasteiger partial charge in [0.05, 0.1) is 19.6 Å². The normalized spacial score (nSPS) is 15.9. The largest absolute Gasteiger partial charge is 0.494 e. The van der Waals surface area contributed by atoms with Crippen LogP contribution in [-0.4, -0.2) is 30.8 Å². The van der Waals surface area contributed by atoms with Crippen molar-refractivity contribution in [3.8, 4) is 5.75 Å². The molecule has 0 aromatic heterocycles. The van der Waals surface area contributed by atoms with Crippen LogP contribution in [0.3, 0.4) is 0 Å². The highest BCUT2D eigenvalue weighted by Crippen LogP contribution is 2.32. The van der Waals surface area contributed by atoms with E-state index >= 15 is 0 Å². The molecule has 0 bridgehead atoms. The number of aliphatic hydroxyl groups excluding tert-OH is 1. The summed E-state index contributed by atoms with van der Waals surface area (Å²) in [4.78, 5) is 11.6. The average molecular weight is 267 g/mol. The van der Waals surface area contributed by atoms with Crippen molar-refractivity contribution in [1.82, 2.24) is 5.32 Å². The summed E-state index contributed by atoms with van der Waals surface area (Å²) in [5, 5.41) is 12.3. The zero-order valence-corrected chi connectivity index (χ0v) is 10.9. The number of carbonyl (C=O) groups excluding carboxylic acids is 1. The fourth-order valence-corrected chi connectivity index (χ4v) is 1.93. The molecule has 1 amide bonds. The van der Waals surface area contributed by atoms with E-state index in [-0.39, 0.29) is 24.6 Å². The third kappa shape index (κ3) is 3.92. The molecule has 0 heterocycles. The third-order valence-electron chi connectivity index (χ3n) is 3.26. The van der Waals surface area contributed by atoms with Crippen molar-refractivity contribution in [3.05, 3.63) is 29.6 Å². The van der Waals surface area contributed by atoms with E-state index in [1.165, 1.54) is 19.2 Å². The second-order valence-electron chi connectivity index (χ2n) is 4.85. The van der Waals surface area contributed by atoms with Gasteiger partial charge in [0.1, 0.15) is 0 Å². The Morgan fingerprint density at radius 1 is 1.58 bits per heavy atom. The molecule has 1 atom stereocenters. The lowest BCUT2D eigenvalue weighted by Gasteiger charge is -2.11. The summed E-state index contributed by atoms with van der Waals surface area (Å²) in [5.41, 5.74) is 0.580. The topological polar surface area (TPSA) is 58.6 Å². The molecule has 4 nitrogen and oxygen atoms in total. The Bertz CT molecular complexity index is 460. The van der Waals surface area contributed by atoms with Crippen LogP contribution >= 0.6 is 0 Å². The number of methoxy groups -OCH3 is 1. The first-order valence-corrected chi connectivity index (χ1v) is 6.37. The molecular weight excluding hydrogens is 249 g/mol. The van der Waals surface area contributed by atoms with E-state index in [0.717, 1.165) is 12.8 Å². The molecule has 104 valence electrons. The molecule has 0 saturated heterocycles. The second kappa shape index (κ2) is 6.02. The minimum Gasteiger partial charge on any atom is -0.494 e. The maximum absolute atomic E-state index is 13.4. The third-order valence-corrected chi connectivity index (χ3v) is 3.26. The molecule has 1 aliphatic carbocycles. The van der Waals surface area contributed by atoms with E-state index in [2.05, 4.69) is 5.32 Å². The first-order chi connectivity index (χ1) is 9.10. The molecule has 1 fully saturated rings. The number of amides is 1. The van der Waals surface area contributed by atoms with Crippen molar-refractivity contribution >= 4 is 5.91 Å². The van der Waals surface area contributed by atoms with Crippen molar-refractivity contribution in [2.45, 2.75) is 25.4 Å². The molecule has 1 aliphatic rings. The van der Waals surface area contributed by atoms with E-state index in [0.29, 0.717) is 11.5 Å². The predicted molar refractivity (Wildman–Crippen MR) is 68.4 cm³/mol. The van der Waals surface area contributed by atoms with Gasteiger partial charge in [-0.2, -0.15) is 0 Å². The van der Waals surface area contributed by atoms with Crippen LogP contribution in [0.25, 0.3) is 0 Å². The van der Waals surface area contributed by atoms with Gasteiger partial charge in [0.15, 0.2) is 11.6 Å². The Kier molecular flexibility index (Phi) is 4.37. The fraction of sp³-hybridized carbons (Fsp3) is 0.500. The minimum atomic E-state index is -0.481. The van der Waals surface area contributed by atoms with Crippen LogP contribution in [0.2, 0.25) is 0 Å². The number of nitrogens with one attached hydrogen (secondary N) is 1.